The van der Waals surface area contributed by atoms with Gasteiger partial charge in [0.05, 0.1) is 32.6 Å². The minimum atomic E-state index is -1.85. The first kappa shape index (κ1) is 27.0. The third-order valence-electron chi connectivity index (χ3n) is 6.50. The molecule has 4 atom stereocenters. The number of alkyl carbamates (subject to hydrolysis) is 1. The largest absolute Gasteiger partial charge is 0.456 e. The van der Waals surface area contributed by atoms with Gasteiger partial charge in [0.2, 0.25) is 5.91 Å². The highest BCUT2D eigenvalue weighted by Gasteiger charge is 2.55. The molecule has 2 aromatic carbocycles. The molecule has 4 rings (SSSR count). The fourth-order valence-electron chi connectivity index (χ4n) is 4.50. The van der Waals surface area contributed by atoms with E-state index < -0.39 is 33.2 Å². The van der Waals surface area contributed by atoms with Gasteiger partial charge in [0.15, 0.2) is 0 Å². The number of non-ortho nitro benzene ring substituents is 1. The van der Waals surface area contributed by atoms with Crippen molar-refractivity contribution < 1.29 is 33.0 Å². The number of ether oxygens (including phenoxy) is 2. The predicted molar refractivity (Wildman–Crippen MR) is 136 cm³/mol. The average Bonchev–Trinajstić information content (AvgIpc) is 3.27. The summed E-state index contributed by atoms with van der Waals surface area (Å²) in [6.07, 6.45) is 0.0376. The highest BCUT2D eigenvalue weighted by molar-refractivity contribution is 7.89. The van der Waals surface area contributed by atoms with Gasteiger partial charge >= 0.3 is 12.1 Å². The summed E-state index contributed by atoms with van der Waals surface area (Å²) in [6, 6.07) is 14.3. The van der Waals surface area contributed by atoms with E-state index in [1.165, 1.54) is 36.1 Å². The number of nitro benzene ring substituents is 1. The second kappa shape index (κ2) is 11.5. The van der Waals surface area contributed by atoms with Gasteiger partial charge < -0.3 is 19.7 Å². The van der Waals surface area contributed by atoms with Crippen LogP contribution in [-0.4, -0.2) is 43.4 Å². The lowest BCUT2D eigenvalue weighted by molar-refractivity contribution is -0.384. The molecule has 2 amide bonds. The van der Waals surface area contributed by atoms with E-state index in [2.05, 4.69) is 5.32 Å². The van der Waals surface area contributed by atoms with Crippen LogP contribution in [0.15, 0.2) is 65.2 Å². The monoisotopic (exact) mass is 541 g/mol. The van der Waals surface area contributed by atoms with Crippen molar-refractivity contribution in [3.8, 4) is 0 Å². The van der Waals surface area contributed by atoms with Crippen molar-refractivity contribution in [2.24, 2.45) is 5.92 Å². The van der Waals surface area contributed by atoms with Gasteiger partial charge in [-0.25, -0.2) is 9.59 Å². The van der Waals surface area contributed by atoms with E-state index in [0.717, 1.165) is 5.56 Å². The molecule has 1 fully saturated rings. The third kappa shape index (κ3) is 5.59. The summed E-state index contributed by atoms with van der Waals surface area (Å²) >= 11 is 0. The third-order valence-corrected chi connectivity index (χ3v) is 8.10. The van der Waals surface area contributed by atoms with E-state index in [1.807, 2.05) is 25.1 Å². The lowest BCUT2D eigenvalue weighted by Crippen LogP contribution is -2.58. The molecule has 38 heavy (non-hydrogen) atoms. The van der Waals surface area contributed by atoms with E-state index in [4.69, 9.17) is 9.47 Å². The van der Waals surface area contributed by atoms with Gasteiger partial charge in [-0.2, -0.15) is 0 Å². The Morgan fingerprint density at radius 2 is 1.74 bits per heavy atom. The summed E-state index contributed by atoms with van der Waals surface area (Å²) in [5.74, 6) is -1.35. The second-order valence-electron chi connectivity index (χ2n) is 8.91. The van der Waals surface area contributed by atoms with Crippen LogP contribution in [0.25, 0.3) is 0 Å². The van der Waals surface area contributed by atoms with E-state index in [0.29, 0.717) is 12.0 Å². The highest BCUT2D eigenvalue weighted by atomic mass is 32.2. The lowest BCUT2D eigenvalue weighted by atomic mass is 9.85. The topological polar surface area (TPSA) is 145 Å². The zero-order valence-electron chi connectivity index (χ0n) is 20.8. The van der Waals surface area contributed by atoms with Crippen molar-refractivity contribution in [1.29, 1.82) is 0 Å². The standard InChI is InChI=1S/C26H27N3O8S/c1-3-20-21-13-22(38(35)16(2)27-26(32)37-15-17-7-5-4-6-8-17)23(28(21)24(20)30)25(31)36-14-18-9-11-19(12-10-18)29(33)34/h4-12,16,20-21H,3,13-15H2,1-2H3,(H,27,32). The summed E-state index contributed by atoms with van der Waals surface area (Å²) in [5, 5.41) is 12.5. The number of amides is 2. The van der Waals surface area contributed by atoms with Crippen molar-refractivity contribution >= 4 is 34.5 Å². The molecule has 2 heterocycles. The Morgan fingerprint density at radius 1 is 1.11 bits per heavy atom. The molecule has 0 bridgehead atoms. The molecule has 0 spiro atoms. The highest BCUT2D eigenvalue weighted by Crippen LogP contribution is 2.45. The molecule has 12 heteroatoms. The van der Waals surface area contributed by atoms with Crippen LogP contribution >= 0.6 is 0 Å². The van der Waals surface area contributed by atoms with Crippen LogP contribution in [0.1, 0.15) is 37.8 Å². The van der Waals surface area contributed by atoms with Crippen molar-refractivity contribution in [1.82, 2.24) is 10.2 Å². The first-order valence-corrected chi connectivity index (χ1v) is 13.3. The minimum Gasteiger partial charge on any atom is -0.456 e. The number of hydrogen-bond donors (Lipinski definition) is 1. The molecule has 0 saturated carbocycles. The van der Waals surface area contributed by atoms with Crippen LogP contribution in [0.2, 0.25) is 0 Å². The van der Waals surface area contributed by atoms with Gasteiger partial charge in [0.25, 0.3) is 5.69 Å². The number of hydrogen-bond acceptors (Lipinski definition) is 8. The number of fused-ring (bicyclic) bond motifs is 1. The number of nitrogens with one attached hydrogen (secondary N) is 1. The Bertz CT molecular complexity index is 1300. The first-order valence-electron chi connectivity index (χ1n) is 12.1. The van der Waals surface area contributed by atoms with E-state index >= 15 is 0 Å². The van der Waals surface area contributed by atoms with Crippen molar-refractivity contribution in [2.45, 2.75) is 51.3 Å². The molecule has 4 unspecified atom stereocenters. The predicted octanol–water partition coefficient (Wildman–Crippen LogP) is 3.51. The fourth-order valence-corrected chi connectivity index (χ4v) is 5.84. The minimum absolute atomic E-state index is 0.0392. The van der Waals surface area contributed by atoms with Gasteiger partial charge in [0, 0.05) is 18.6 Å². The van der Waals surface area contributed by atoms with Gasteiger partial charge in [-0.1, -0.05) is 37.3 Å². The summed E-state index contributed by atoms with van der Waals surface area (Å²) in [7, 11) is -1.85. The van der Waals surface area contributed by atoms with Gasteiger partial charge in [0.1, 0.15) is 24.3 Å². The summed E-state index contributed by atoms with van der Waals surface area (Å²) in [4.78, 5) is 50.0. The van der Waals surface area contributed by atoms with Gasteiger partial charge in [-0.3, -0.25) is 19.1 Å². The maximum atomic E-state index is 13.4. The molecule has 1 saturated heterocycles. The quantitative estimate of drug-likeness (QED) is 0.208. The van der Waals surface area contributed by atoms with E-state index in [9.17, 15) is 28.7 Å². The van der Waals surface area contributed by atoms with Crippen LogP contribution in [0.3, 0.4) is 0 Å². The van der Waals surface area contributed by atoms with Crippen LogP contribution in [0.4, 0.5) is 10.5 Å². The van der Waals surface area contributed by atoms with Crippen molar-refractivity contribution in [3.63, 3.8) is 0 Å². The number of esters is 1. The van der Waals surface area contributed by atoms with E-state index in [-0.39, 0.29) is 53.8 Å². The summed E-state index contributed by atoms with van der Waals surface area (Å²) < 4.78 is 24.0. The lowest BCUT2D eigenvalue weighted by Gasteiger charge is -2.43. The zero-order valence-corrected chi connectivity index (χ0v) is 21.6. The number of carbonyl (C=O) groups excluding carboxylic acids is 3. The van der Waals surface area contributed by atoms with Crippen molar-refractivity contribution in [3.05, 3.63) is 86.4 Å². The molecule has 200 valence electrons. The summed E-state index contributed by atoms with van der Waals surface area (Å²) in [5.41, 5.74) is 1.14. The Balaban J connectivity index is 1.45. The molecule has 0 aromatic heterocycles. The molecule has 2 aliphatic heterocycles. The normalized spacial score (nSPS) is 19.7. The van der Waals surface area contributed by atoms with E-state index in [1.54, 1.807) is 12.1 Å². The summed E-state index contributed by atoms with van der Waals surface area (Å²) in [6.45, 7) is 3.25. The molecular formula is C26H27N3O8S. The number of rotatable bonds is 10. The maximum Gasteiger partial charge on any atom is 0.408 e. The molecule has 11 nitrogen and oxygen atoms in total. The Labute approximate surface area is 221 Å². The van der Waals surface area contributed by atoms with Crippen LogP contribution in [0.5, 0.6) is 0 Å². The molecule has 2 aromatic rings. The smallest absolute Gasteiger partial charge is 0.408 e. The molecule has 0 radical (unpaired) electrons. The first-order chi connectivity index (χ1) is 18.2. The number of benzene rings is 2. The molecular weight excluding hydrogens is 514 g/mol. The molecule has 2 aliphatic rings. The SMILES string of the molecule is CCC1C(=O)N2C(C(=O)OCc3ccc([N+](=O)[O-])cc3)=C(S(=O)C(C)NC(=O)OCc3ccccc3)CC12. The van der Waals surface area contributed by atoms with Crippen LogP contribution in [-0.2, 0) is 43.1 Å². The van der Waals surface area contributed by atoms with Crippen LogP contribution in [0, 0.1) is 16.0 Å². The number of carbonyl (C=O) groups is 3. The average molecular weight is 542 g/mol. The van der Waals surface area contributed by atoms with Crippen LogP contribution < -0.4 is 5.32 Å². The van der Waals surface area contributed by atoms with Crippen molar-refractivity contribution in [2.75, 3.05) is 0 Å². The second-order valence-corrected chi connectivity index (χ2v) is 10.7. The number of nitro groups is 1. The fraction of sp³-hybridized carbons (Fsp3) is 0.346. The Hall–Kier alpha value is -4.06. The number of nitrogens with zero attached hydrogens (tertiary/aromatic N) is 2. The van der Waals surface area contributed by atoms with Gasteiger partial charge in [-0.15, -0.1) is 0 Å². The zero-order chi connectivity index (χ0) is 27.4. The Morgan fingerprint density at radius 3 is 2.37 bits per heavy atom. The molecule has 1 N–H and O–H groups in total. The van der Waals surface area contributed by atoms with Gasteiger partial charge in [-0.05, 0) is 36.6 Å². The molecule has 0 aliphatic carbocycles. The Kier molecular flexibility index (Phi) is 8.20. The maximum absolute atomic E-state index is 13.4. The number of β-lactam (4-membered cyclic amide) rings is 1.